The first kappa shape index (κ1) is 14.0. The molecule has 1 rings (SSSR count). The minimum Gasteiger partial charge on any atom is -0.464 e. The maximum Gasteiger partial charge on any atom is 0.328 e. The van der Waals surface area contributed by atoms with E-state index in [9.17, 15) is 9.59 Å². The molecule has 0 aromatic carbocycles. The summed E-state index contributed by atoms with van der Waals surface area (Å²) in [4.78, 5) is 23.1. The van der Waals surface area contributed by atoms with Crippen molar-refractivity contribution >= 4 is 11.9 Å². The molecule has 1 saturated carbocycles. The van der Waals surface area contributed by atoms with Crippen LogP contribution in [0.3, 0.4) is 0 Å². The van der Waals surface area contributed by atoms with Crippen LogP contribution >= 0.6 is 0 Å². The Balaban J connectivity index is 2.36. The van der Waals surface area contributed by atoms with Crippen molar-refractivity contribution in [2.45, 2.75) is 51.2 Å². The number of hydrogen-bond acceptors (Lipinski definition) is 4. The summed E-state index contributed by atoms with van der Waals surface area (Å²) >= 11 is 0. The SMILES string of the molecule is CCOC(=O)C(C)NC(=O)CC1(OC)CCC1. The minimum atomic E-state index is -0.601. The Bertz CT molecular complexity index is 281. The third-order valence-electron chi connectivity index (χ3n) is 3.20. The van der Waals surface area contributed by atoms with Gasteiger partial charge in [0.05, 0.1) is 18.6 Å². The molecule has 1 aliphatic rings. The van der Waals surface area contributed by atoms with E-state index in [0.717, 1.165) is 19.3 Å². The van der Waals surface area contributed by atoms with Crippen molar-refractivity contribution in [2.24, 2.45) is 0 Å². The number of amides is 1. The molecule has 1 unspecified atom stereocenters. The molecule has 1 aliphatic carbocycles. The molecule has 0 aromatic heterocycles. The molecule has 0 bridgehead atoms. The summed E-state index contributed by atoms with van der Waals surface area (Å²) in [6.45, 7) is 3.68. The smallest absolute Gasteiger partial charge is 0.328 e. The second kappa shape index (κ2) is 6.00. The quantitative estimate of drug-likeness (QED) is 0.707. The third-order valence-corrected chi connectivity index (χ3v) is 3.20. The summed E-state index contributed by atoms with van der Waals surface area (Å²) < 4.78 is 10.2. The Morgan fingerprint density at radius 3 is 2.47 bits per heavy atom. The molecule has 0 spiro atoms. The van der Waals surface area contributed by atoms with Gasteiger partial charge in [-0.15, -0.1) is 0 Å². The van der Waals surface area contributed by atoms with E-state index in [1.165, 1.54) is 0 Å². The van der Waals surface area contributed by atoms with Gasteiger partial charge in [-0.2, -0.15) is 0 Å². The highest BCUT2D eigenvalue weighted by atomic mass is 16.5. The molecule has 1 amide bonds. The standard InChI is InChI=1S/C12H21NO4/c1-4-17-11(15)9(2)13-10(14)8-12(16-3)6-5-7-12/h9H,4-8H2,1-3H3,(H,13,14). The summed E-state index contributed by atoms with van der Waals surface area (Å²) in [5.74, 6) is -0.562. The maximum absolute atomic E-state index is 11.7. The van der Waals surface area contributed by atoms with E-state index in [-0.39, 0.29) is 11.5 Å². The van der Waals surface area contributed by atoms with E-state index in [1.54, 1.807) is 21.0 Å². The van der Waals surface area contributed by atoms with Gasteiger partial charge in [0.2, 0.25) is 5.91 Å². The number of esters is 1. The Morgan fingerprint density at radius 1 is 1.41 bits per heavy atom. The molecule has 1 N–H and O–H groups in total. The van der Waals surface area contributed by atoms with Crippen molar-refractivity contribution in [1.29, 1.82) is 0 Å². The molecule has 0 aliphatic heterocycles. The van der Waals surface area contributed by atoms with Gasteiger partial charge < -0.3 is 14.8 Å². The summed E-state index contributed by atoms with van der Waals surface area (Å²) in [7, 11) is 1.63. The molecule has 5 nitrogen and oxygen atoms in total. The molecular weight excluding hydrogens is 222 g/mol. The number of methoxy groups -OCH3 is 1. The van der Waals surface area contributed by atoms with Crippen LogP contribution < -0.4 is 5.32 Å². The lowest BCUT2D eigenvalue weighted by atomic mass is 9.77. The van der Waals surface area contributed by atoms with Gasteiger partial charge >= 0.3 is 5.97 Å². The Hall–Kier alpha value is -1.10. The fourth-order valence-corrected chi connectivity index (χ4v) is 1.94. The van der Waals surface area contributed by atoms with Crippen molar-refractivity contribution in [3.63, 3.8) is 0 Å². The van der Waals surface area contributed by atoms with Gasteiger partial charge in [0.15, 0.2) is 0 Å². The van der Waals surface area contributed by atoms with E-state index in [4.69, 9.17) is 9.47 Å². The number of hydrogen-bond donors (Lipinski definition) is 1. The Labute approximate surface area is 102 Å². The fourth-order valence-electron chi connectivity index (χ4n) is 1.94. The van der Waals surface area contributed by atoms with Crippen molar-refractivity contribution in [2.75, 3.05) is 13.7 Å². The van der Waals surface area contributed by atoms with Gasteiger partial charge in [-0.1, -0.05) is 0 Å². The van der Waals surface area contributed by atoms with Gasteiger partial charge in [-0.05, 0) is 33.1 Å². The van der Waals surface area contributed by atoms with Crippen molar-refractivity contribution in [3.8, 4) is 0 Å². The van der Waals surface area contributed by atoms with Gasteiger partial charge in [-0.25, -0.2) is 4.79 Å². The van der Waals surface area contributed by atoms with Gasteiger partial charge in [-0.3, -0.25) is 4.79 Å². The van der Waals surface area contributed by atoms with Gasteiger partial charge in [0.25, 0.3) is 0 Å². The zero-order valence-corrected chi connectivity index (χ0v) is 10.7. The maximum atomic E-state index is 11.7. The number of carbonyl (C=O) groups is 2. The average Bonchev–Trinajstić information content (AvgIpc) is 2.23. The molecule has 0 radical (unpaired) electrons. The third kappa shape index (κ3) is 3.70. The monoisotopic (exact) mass is 243 g/mol. The first-order valence-corrected chi connectivity index (χ1v) is 6.04. The summed E-state index contributed by atoms with van der Waals surface area (Å²) in [6.07, 6.45) is 3.22. The Morgan fingerprint density at radius 2 is 2.06 bits per heavy atom. The highest BCUT2D eigenvalue weighted by Gasteiger charge is 2.39. The molecule has 1 atom stereocenters. The summed E-state index contributed by atoms with van der Waals surface area (Å²) in [6, 6.07) is -0.601. The number of rotatable bonds is 6. The van der Waals surface area contributed by atoms with Crippen LogP contribution in [-0.2, 0) is 19.1 Å². The predicted octanol–water partition coefficient (Wildman–Crippen LogP) is 1.01. The first-order valence-electron chi connectivity index (χ1n) is 6.04. The summed E-state index contributed by atoms with van der Waals surface area (Å²) in [5, 5.41) is 2.63. The van der Waals surface area contributed by atoms with Crippen LogP contribution in [0.25, 0.3) is 0 Å². The largest absolute Gasteiger partial charge is 0.464 e. The van der Waals surface area contributed by atoms with Crippen LogP contribution in [0, 0.1) is 0 Å². The molecule has 5 heteroatoms. The highest BCUT2D eigenvalue weighted by molar-refractivity contribution is 5.84. The van der Waals surface area contributed by atoms with Crippen LogP contribution in [0.1, 0.15) is 39.5 Å². The first-order chi connectivity index (χ1) is 8.03. The topological polar surface area (TPSA) is 64.6 Å². The predicted molar refractivity (Wildman–Crippen MR) is 62.4 cm³/mol. The van der Waals surface area contributed by atoms with E-state index < -0.39 is 12.0 Å². The van der Waals surface area contributed by atoms with E-state index in [2.05, 4.69) is 5.32 Å². The minimum absolute atomic E-state index is 0.160. The van der Waals surface area contributed by atoms with Crippen LogP contribution in [0.5, 0.6) is 0 Å². The van der Waals surface area contributed by atoms with Crippen molar-refractivity contribution in [3.05, 3.63) is 0 Å². The van der Waals surface area contributed by atoms with Crippen molar-refractivity contribution in [1.82, 2.24) is 5.32 Å². The van der Waals surface area contributed by atoms with E-state index >= 15 is 0 Å². The van der Waals surface area contributed by atoms with Crippen molar-refractivity contribution < 1.29 is 19.1 Å². The number of ether oxygens (including phenoxy) is 2. The normalized spacial score (nSPS) is 19.0. The Kier molecular flexibility index (Phi) is 4.93. The van der Waals surface area contributed by atoms with Crippen LogP contribution in [0.4, 0.5) is 0 Å². The summed E-state index contributed by atoms with van der Waals surface area (Å²) in [5.41, 5.74) is -0.307. The lowest BCUT2D eigenvalue weighted by Gasteiger charge is -2.40. The van der Waals surface area contributed by atoms with E-state index in [0.29, 0.717) is 13.0 Å². The molecule has 98 valence electrons. The fraction of sp³-hybridized carbons (Fsp3) is 0.833. The molecule has 0 saturated heterocycles. The zero-order chi connectivity index (χ0) is 12.9. The van der Waals surface area contributed by atoms with Gasteiger partial charge in [0.1, 0.15) is 6.04 Å². The van der Waals surface area contributed by atoms with Gasteiger partial charge in [0, 0.05) is 7.11 Å². The number of carbonyl (C=O) groups excluding carboxylic acids is 2. The molecule has 0 heterocycles. The second-order valence-corrected chi connectivity index (χ2v) is 4.46. The zero-order valence-electron chi connectivity index (χ0n) is 10.7. The molecule has 1 fully saturated rings. The molecule has 17 heavy (non-hydrogen) atoms. The van der Waals surface area contributed by atoms with E-state index in [1.807, 2.05) is 0 Å². The van der Waals surface area contributed by atoms with Crippen LogP contribution in [0.2, 0.25) is 0 Å². The second-order valence-electron chi connectivity index (χ2n) is 4.46. The lowest BCUT2D eigenvalue weighted by molar-refractivity contribution is -0.148. The molecule has 0 aromatic rings. The average molecular weight is 243 g/mol. The van der Waals surface area contributed by atoms with Crippen LogP contribution in [0.15, 0.2) is 0 Å². The highest BCUT2D eigenvalue weighted by Crippen LogP contribution is 2.37. The number of nitrogens with one attached hydrogen (secondary N) is 1. The lowest BCUT2D eigenvalue weighted by Crippen LogP contribution is -2.47. The van der Waals surface area contributed by atoms with Crippen LogP contribution in [-0.4, -0.2) is 37.2 Å². The molecular formula is C12H21NO4.